The minimum atomic E-state index is -0.354. The van der Waals surface area contributed by atoms with Gasteiger partial charge in [-0.2, -0.15) is 0 Å². The molecule has 0 fully saturated rings. The standard InChI is InChI=1S/C18H20N2O3/c1-23-16(21)12-13-19-18(22)20-17(14-8-4-2-5-9-14)15-10-6-3-7-11-15/h2-11,17H,12-13H2,1H3,(H2,19,20,22). The highest BCUT2D eigenvalue weighted by Gasteiger charge is 2.16. The number of carbonyl (C=O) groups excluding carboxylic acids is 2. The highest BCUT2D eigenvalue weighted by atomic mass is 16.5. The minimum Gasteiger partial charge on any atom is -0.469 e. The number of esters is 1. The Morgan fingerprint density at radius 1 is 0.957 bits per heavy atom. The fourth-order valence-electron chi connectivity index (χ4n) is 2.21. The van der Waals surface area contributed by atoms with Gasteiger partial charge in [0.2, 0.25) is 0 Å². The Morgan fingerprint density at radius 3 is 1.96 bits per heavy atom. The molecule has 0 aliphatic rings. The van der Waals surface area contributed by atoms with E-state index in [0.717, 1.165) is 11.1 Å². The summed E-state index contributed by atoms with van der Waals surface area (Å²) in [6, 6.07) is 18.9. The van der Waals surface area contributed by atoms with E-state index in [2.05, 4.69) is 15.4 Å². The first-order valence-electron chi connectivity index (χ1n) is 7.42. The van der Waals surface area contributed by atoms with Crippen LogP contribution in [0, 0.1) is 0 Å². The molecule has 2 amide bonds. The second-order valence-electron chi connectivity index (χ2n) is 4.98. The van der Waals surface area contributed by atoms with Gasteiger partial charge < -0.3 is 15.4 Å². The number of rotatable bonds is 6. The molecule has 120 valence electrons. The summed E-state index contributed by atoms with van der Waals surface area (Å²) in [5, 5.41) is 5.61. The van der Waals surface area contributed by atoms with Crippen molar-refractivity contribution >= 4 is 12.0 Å². The molecule has 0 aromatic heterocycles. The summed E-state index contributed by atoms with van der Waals surface area (Å²) in [5.74, 6) is -0.354. The number of ether oxygens (including phenoxy) is 1. The van der Waals surface area contributed by atoms with E-state index in [9.17, 15) is 9.59 Å². The first-order chi connectivity index (χ1) is 11.2. The Bertz CT molecular complexity index is 590. The number of urea groups is 1. The summed E-state index contributed by atoms with van der Waals surface area (Å²) in [6.07, 6.45) is 0.144. The number of hydrogen-bond donors (Lipinski definition) is 2. The summed E-state index contributed by atoms with van der Waals surface area (Å²) < 4.78 is 4.54. The van der Waals surface area contributed by atoms with Crippen LogP contribution in [-0.4, -0.2) is 25.7 Å². The third-order valence-electron chi connectivity index (χ3n) is 3.38. The van der Waals surface area contributed by atoms with Crippen LogP contribution in [0.1, 0.15) is 23.6 Å². The normalized spacial score (nSPS) is 10.2. The van der Waals surface area contributed by atoms with Crippen LogP contribution in [0.15, 0.2) is 60.7 Å². The largest absolute Gasteiger partial charge is 0.469 e. The summed E-state index contributed by atoms with van der Waals surface area (Å²) in [4.78, 5) is 23.2. The predicted octanol–water partition coefficient (Wildman–Crippen LogP) is 2.64. The number of benzene rings is 2. The van der Waals surface area contributed by atoms with E-state index in [1.54, 1.807) is 0 Å². The summed E-state index contributed by atoms with van der Waals surface area (Å²) in [7, 11) is 1.32. The first kappa shape index (κ1) is 16.5. The second-order valence-corrected chi connectivity index (χ2v) is 4.98. The first-order valence-corrected chi connectivity index (χ1v) is 7.42. The molecule has 23 heavy (non-hydrogen) atoms. The lowest BCUT2D eigenvalue weighted by molar-refractivity contribution is -0.140. The van der Waals surface area contributed by atoms with Gasteiger partial charge >= 0.3 is 12.0 Å². The summed E-state index contributed by atoms with van der Waals surface area (Å²) in [6.45, 7) is 0.231. The zero-order valence-electron chi connectivity index (χ0n) is 13.0. The van der Waals surface area contributed by atoms with Crippen molar-refractivity contribution in [3.8, 4) is 0 Å². The monoisotopic (exact) mass is 312 g/mol. The Kier molecular flexibility index (Phi) is 6.17. The van der Waals surface area contributed by atoms with Crippen LogP contribution in [0.2, 0.25) is 0 Å². The summed E-state index contributed by atoms with van der Waals surface area (Å²) in [5.41, 5.74) is 1.98. The molecule has 2 rings (SSSR count). The van der Waals surface area contributed by atoms with Crippen LogP contribution in [0.4, 0.5) is 4.79 Å². The zero-order valence-corrected chi connectivity index (χ0v) is 13.0. The van der Waals surface area contributed by atoms with E-state index in [0.29, 0.717) is 0 Å². The van der Waals surface area contributed by atoms with Crippen LogP contribution in [0.25, 0.3) is 0 Å². The highest BCUT2D eigenvalue weighted by Crippen LogP contribution is 2.21. The Hall–Kier alpha value is -2.82. The molecule has 0 unspecified atom stereocenters. The van der Waals surface area contributed by atoms with Gasteiger partial charge in [0.05, 0.1) is 19.6 Å². The van der Waals surface area contributed by atoms with E-state index in [-0.39, 0.29) is 31.0 Å². The second kappa shape index (κ2) is 8.58. The quantitative estimate of drug-likeness (QED) is 0.806. The van der Waals surface area contributed by atoms with Crippen molar-refractivity contribution in [3.63, 3.8) is 0 Å². The van der Waals surface area contributed by atoms with Crippen molar-refractivity contribution in [1.29, 1.82) is 0 Å². The molecule has 0 bridgehead atoms. The van der Waals surface area contributed by atoms with E-state index < -0.39 is 0 Å². The molecule has 0 spiro atoms. The lowest BCUT2D eigenvalue weighted by Crippen LogP contribution is -2.39. The van der Waals surface area contributed by atoms with Crippen LogP contribution >= 0.6 is 0 Å². The average molecular weight is 312 g/mol. The molecule has 2 aromatic carbocycles. The Morgan fingerprint density at radius 2 is 1.48 bits per heavy atom. The maximum atomic E-state index is 12.1. The fourth-order valence-corrected chi connectivity index (χ4v) is 2.21. The van der Waals surface area contributed by atoms with Crippen molar-refractivity contribution in [1.82, 2.24) is 10.6 Å². The molecule has 2 aromatic rings. The smallest absolute Gasteiger partial charge is 0.315 e. The maximum absolute atomic E-state index is 12.1. The van der Waals surface area contributed by atoms with Gasteiger partial charge in [-0.1, -0.05) is 60.7 Å². The average Bonchev–Trinajstić information content (AvgIpc) is 2.61. The number of nitrogens with one attached hydrogen (secondary N) is 2. The van der Waals surface area contributed by atoms with Crippen molar-refractivity contribution in [3.05, 3.63) is 71.8 Å². The molecule has 5 nitrogen and oxygen atoms in total. The SMILES string of the molecule is COC(=O)CCNC(=O)NC(c1ccccc1)c1ccccc1. The molecule has 0 heterocycles. The predicted molar refractivity (Wildman–Crippen MR) is 87.9 cm³/mol. The van der Waals surface area contributed by atoms with Gasteiger partial charge in [-0.25, -0.2) is 4.79 Å². The van der Waals surface area contributed by atoms with Gasteiger partial charge in [0.25, 0.3) is 0 Å². The molecule has 0 aliphatic heterocycles. The highest BCUT2D eigenvalue weighted by molar-refractivity contribution is 5.76. The Balaban J connectivity index is 2.04. The van der Waals surface area contributed by atoms with Crippen molar-refractivity contribution < 1.29 is 14.3 Å². The minimum absolute atomic E-state index is 0.144. The molecular weight excluding hydrogens is 292 g/mol. The lowest BCUT2D eigenvalue weighted by atomic mass is 9.99. The number of methoxy groups -OCH3 is 1. The van der Waals surface area contributed by atoms with Crippen molar-refractivity contribution in [2.24, 2.45) is 0 Å². The van der Waals surface area contributed by atoms with Crippen molar-refractivity contribution in [2.45, 2.75) is 12.5 Å². The molecule has 2 N–H and O–H groups in total. The molecule has 5 heteroatoms. The zero-order chi connectivity index (χ0) is 16.5. The van der Waals surface area contributed by atoms with Crippen molar-refractivity contribution in [2.75, 3.05) is 13.7 Å². The molecule has 0 saturated carbocycles. The molecule has 0 atom stereocenters. The lowest BCUT2D eigenvalue weighted by Gasteiger charge is -2.20. The topological polar surface area (TPSA) is 67.4 Å². The van der Waals surface area contributed by atoms with Gasteiger partial charge in [0, 0.05) is 6.54 Å². The molecule has 0 aliphatic carbocycles. The van der Waals surface area contributed by atoms with Crippen LogP contribution < -0.4 is 10.6 Å². The van der Waals surface area contributed by atoms with Crippen LogP contribution in [0.3, 0.4) is 0 Å². The number of carbonyl (C=O) groups is 2. The third kappa shape index (κ3) is 5.14. The van der Waals surface area contributed by atoms with Gasteiger partial charge in [-0.15, -0.1) is 0 Å². The fraction of sp³-hybridized carbons (Fsp3) is 0.222. The van der Waals surface area contributed by atoms with Gasteiger partial charge in [0.15, 0.2) is 0 Å². The van der Waals surface area contributed by atoms with E-state index >= 15 is 0 Å². The maximum Gasteiger partial charge on any atom is 0.315 e. The third-order valence-corrected chi connectivity index (χ3v) is 3.38. The van der Waals surface area contributed by atoms with Gasteiger partial charge in [0.1, 0.15) is 0 Å². The van der Waals surface area contributed by atoms with Crippen LogP contribution in [-0.2, 0) is 9.53 Å². The molecule has 0 radical (unpaired) electrons. The van der Waals surface area contributed by atoms with Gasteiger partial charge in [-0.3, -0.25) is 4.79 Å². The van der Waals surface area contributed by atoms with E-state index in [1.165, 1.54) is 7.11 Å². The molecule has 0 saturated heterocycles. The van der Waals surface area contributed by atoms with Gasteiger partial charge in [-0.05, 0) is 11.1 Å². The number of amides is 2. The van der Waals surface area contributed by atoms with E-state index in [4.69, 9.17) is 0 Å². The van der Waals surface area contributed by atoms with Crippen LogP contribution in [0.5, 0.6) is 0 Å². The Labute approximate surface area is 135 Å². The molecular formula is C18H20N2O3. The number of hydrogen-bond acceptors (Lipinski definition) is 3. The van der Waals surface area contributed by atoms with E-state index in [1.807, 2.05) is 60.7 Å². The summed E-state index contributed by atoms with van der Waals surface area (Å²) >= 11 is 0.